The maximum atomic E-state index is 15.1. The molecule has 8 aromatic rings. The van der Waals surface area contributed by atoms with Gasteiger partial charge in [-0.1, -0.05) is 101 Å². The fourth-order valence-electron chi connectivity index (χ4n) is 11.6. The number of piperidine rings is 2. The lowest BCUT2D eigenvalue weighted by atomic mass is 9.92. The van der Waals surface area contributed by atoms with E-state index in [1.807, 2.05) is 62.4 Å². The quantitative estimate of drug-likeness (QED) is 0.0319. The van der Waals surface area contributed by atoms with E-state index in [1.165, 1.54) is 20.3 Å². The number of nitrogens with one attached hydrogen (secondary N) is 4. The molecule has 444 valence electrons. The van der Waals surface area contributed by atoms with Gasteiger partial charge in [-0.2, -0.15) is 9.97 Å². The van der Waals surface area contributed by atoms with E-state index in [0.717, 1.165) is 125 Å². The van der Waals surface area contributed by atoms with Crippen molar-refractivity contribution in [2.75, 3.05) is 13.1 Å². The molecule has 0 unspecified atom stereocenters. The number of halogens is 4. The fraction of sp³-hybridized carbons (Fsp3) is 0.424. The zero-order chi connectivity index (χ0) is 59.6. The number of aromatic amines is 2. The number of amidine groups is 2. The second kappa shape index (κ2) is 28.3. The van der Waals surface area contributed by atoms with Crippen molar-refractivity contribution in [2.24, 2.45) is 33.3 Å². The number of fused-ring (bicyclic) bond motifs is 2. The van der Waals surface area contributed by atoms with Gasteiger partial charge in [0.05, 0.1) is 44.5 Å². The first-order valence-corrected chi connectivity index (χ1v) is 30.6. The lowest BCUT2D eigenvalue weighted by Gasteiger charge is -2.31. The number of aryl methyl sites for hydroxylation is 2. The van der Waals surface area contributed by atoms with Crippen LogP contribution in [0.4, 0.5) is 8.78 Å². The number of benzene rings is 4. The number of H-pyrrole nitrogens is 2. The van der Waals surface area contributed by atoms with Gasteiger partial charge >= 0.3 is 11.4 Å². The van der Waals surface area contributed by atoms with Gasteiger partial charge < -0.3 is 32.1 Å². The highest BCUT2D eigenvalue weighted by Gasteiger charge is 2.25. The highest BCUT2D eigenvalue weighted by Crippen LogP contribution is 2.35. The Morgan fingerprint density at radius 2 is 1.00 bits per heavy atom. The molecule has 10 rings (SSSR count). The molecular weight excluding hydrogens is 1100 g/mol. The van der Waals surface area contributed by atoms with Crippen LogP contribution in [-0.2, 0) is 12.8 Å². The number of hydrogen-bond acceptors (Lipinski definition) is 8. The summed E-state index contributed by atoms with van der Waals surface area (Å²) in [5, 5.41) is 9.11. The van der Waals surface area contributed by atoms with Crippen LogP contribution in [0.25, 0.3) is 56.0 Å². The van der Waals surface area contributed by atoms with E-state index in [2.05, 4.69) is 92.5 Å². The van der Waals surface area contributed by atoms with Gasteiger partial charge in [-0.3, -0.25) is 19.1 Å². The van der Waals surface area contributed by atoms with Gasteiger partial charge in [0.15, 0.2) is 11.6 Å². The van der Waals surface area contributed by atoms with Crippen LogP contribution in [0, 0.1) is 23.5 Å². The number of aliphatic imine (C=N–C) groups is 2. The summed E-state index contributed by atoms with van der Waals surface area (Å²) in [7, 11) is 0. The summed E-state index contributed by atoms with van der Waals surface area (Å²) < 4.78 is 33.3. The van der Waals surface area contributed by atoms with E-state index in [0.29, 0.717) is 80.2 Å². The molecule has 0 bridgehead atoms. The molecule has 4 aromatic carbocycles. The minimum absolute atomic E-state index is 0.0938. The molecule has 4 aromatic heterocycles. The average molecular weight is 1180 g/mol. The summed E-state index contributed by atoms with van der Waals surface area (Å²) in [5.74, 6) is 1.49. The molecule has 2 fully saturated rings. The Morgan fingerprint density at radius 1 is 0.607 bits per heavy atom. The van der Waals surface area contributed by atoms with Gasteiger partial charge in [-0.15, -0.1) is 0 Å². The zero-order valence-corrected chi connectivity index (χ0v) is 50.7. The highest BCUT2D eigenvalue weighted by atomic mass is 35.5. The number of nitrogens with zero attached hydrogens (tertiary/aromatic N) is 6. The first kappa shape index (κ1) is 61.6. The summed E-state index contributed by atoms with van der Waals surface area (Å²) >= 11 is 12.6. The second-order valence-corrected chi connectivity index (χ2v) is 24.5. The molecule has 14 nitrogen and oxygen atoms in total. The topological polar surface area (TPSA) is 202 Å². The van der Waals surface area contributed by atoms with Crippen LogP contribution >= 0.6 is 23.2 Å². The molecule has 0 saturated carbocycles. The number of aromatic nitrogens is 6. The predicted octanol–water partition coefficient (Wildman–Crippen LogP) is 14.2. The molecule has 6 heterocycles. The van der Waals surface area contributed by atoms with Crippen molar-refractivity contribution >= 4 is 56.9 Å². The molecule has 0 spiro atoms. The molecule has 8 N–H and O–H groups in total. The average Bonchev–Trinajstić information content (AvgIpc) is 3.76. The molecule has 0 radical (unpaired) electrons. The fourth-order valence-corrected chi connectivity index (χ4v) is 12.1. The standard InChI is InChI=1S/2C33H40ClFN6O/c2*1-20(2)6-4-7-22-16-27(31(35)28(34)17-22)30-18-24-19-41(33(42)40-32(24)39-30)26-12-10-23(11-13-26)29-9-5-8-25(38-29)14-15-37-21(3)36/h2*10-13,16-20,25,29,38H,4-9,14-15H2,1-3H3,(H2,36,37)(H,39,40,42)/t2*25-,29-/m10/s1. The van der Waals surface area contributed by atoms with E-state index in [-0.39, 0.29) is 22.1 Å². The van der Waals surface area contributed by atoms with Crippen molar-refractivity contribution in [1.82, 2.24) is 39.7 Å². The van der Waals surface area contributed by atoms with Crippen LogP contribution in [0.1, 0.15) is 153 Å². The molecule has 2 aliphatic heterocycles. The molecule has 18 heteroatoms. The van der Waals surface area contributed by atoms with Crippen molar-refractivity contribution < 1.29 is 8.78 Å². The molecule has 0 aliphatic carbocycles. The number of rotatable bonds is 20. The van der Waals surface area contributed by atoms with Crippen LogP contribution in [0.3, 0.4) is 0 Å². The Hall–Kier alpha value is -6.98. The summed E-state index contributed by atoms with van der Waals surface area (Å²) in [5.41, 5.74) is 19.0. The Balaban J connectivity index is 0.000000202. The van der Waals surface area contributed by atoms with Crippen molar-refractivity contribution in [3.05, 3.63) is 162 Å². The SMILES string of the molecule is CC(N)=NCC[C@@H]1CCC[C@@H](c2ccc(-n3cc4cc(-c5cc(CCCC(C)C)cc(Cl)c5F)[nH]c4nc3=O)cc2)N1.CC(N)=NCC[C@H]1CCC[C@H](c2ccc(-n3cc4cc(-c5cc(CCCC(C)C)cc(Cl)c5F)[nH]c4nc3=O)cc2)N1. The van der Waals surface area contributed by atoms with E-state index in [4.69, 9.17) is 34.7 Å². The molecule has 2 aliphatic rings. The van der Waals surface area contributed by atoms with Gasteiger partial charge in [0.25, 0.3) is 0 Å². The van der Waals surface area contributed by atoms with E-state index < -0.39 is 23.0 Å². The third-order valence-electron chi connectivity index (χ3n) is 16.1. The Morgan fingerprint density at radius 3 is 1.37 bits per heavy atom. The van der Waals surface area contributed by atoms with E-state index in [1.54, 1.807) is 24.5 Å². The third kappa shape index (κ3) is 15.9. The second-order valence-electron chi connectivity index (χ2n) is 23.7. The first-order valence-electron chi connectivity index (χ1n) is 29.8. The lowest BCUT2D eigenvalue weighted by Crippen LogP contribution is -2.37. The summed E-state index contributed by atoms with van der Waals surface area (Å²) in [6.07, 6.45) is 18.0. The molecular formula is C66H80Cl2F2N12O2. The van der Waals surface area contributed by atoms with E-state index >= 15 is 8.78 Å². The predicted molar refractivity (Wildman–Crippen MR) is 340 cm³/mol. The first-order chi connectivity index (χ1) is 40.3. The minimum Gasteiger partial charge on any atom is -0.388 e. The Bertz CT molecular complexity index is 3480. The Kier molecular flexibility index (Phi) is 20.7. The zero-order valence-electron chi connectivity index (χ0n) is 49.2. The third-order valence-corrected chi connectivity index (χ3v) is 16.6. The van der Waals surface area contributed by atoms with Gasteiger partial charge in [0, 0.05) is 71.5 Å². The monoisotopic (exact) mass is 1180 g/mol. The maximum absolute atomic E-state index is 15.1. The largest absolute Gasteiger partial charge is 0.388 e. The summed E-state index contributed by atoms with van der Waals surface area (Å²) in [6.45, 7) is 13.9. The maximum Gasteiger partial charge on any atom is 0.354 e. The van der Waals surface area contributed by atoms with Crippen molar-refractivity contribution in [3.8, 4) is 33.9 Å². The van der Waals surface area contributed by atoms with Gasteiger partial charge in [-0.05, 0) is 173 Å². The molecule has 4 atom stereocenters. The van der Waals surface area contributed by atoms with Gasteiger partial charge in [0.1, 0.15) is 11.3 Å². The lowest BCUT2D eigenvalue weighted by molar-refractivity contribution is 0.315. The van der Waals surface area contributed by atoms with Crippen LogP contribution in [0.15, 0.2) is 117 Å². The summed E-state index contributed by atoms with van der Waals surface area (Å²) in [4.78, 5) is 49.5. The van der Waals surface area contributed by atoms with Crippen LogP contribution in [0.2, 0.25) is 10.0 Å². The Labute approximate surface area is 501 Å². The molecule has 2 saturated heterocycles. The summed E-state index contributed by atoms with van der Waals surface area (Å²) in [6, 6.07) is 28.1. The van der Waals surface area contributed by atoms with Crippen molar-refractivity contribution in [1.29, 1.82) is 0 Å². The number of hydrogen-bond donors (Lipinski definition) is 6. The van der Waals surface area contributed by atoms with Crippen molar-refractivity contribution in [3.63, 3.8) is 0 Å². The minimum atomic E-state index is -0.484. The van der Waals surface area contributed by atoms with E-state index in [9.17, 15) is 9.59 Å². The normalized spacial score (nSPS) is 17.8. The number of nitrogens with two attached hydrogens (primary N) is 2. The smallest absolute Gasteiger partial charge is 0.354 e. The van der Waals surface area contributed by atoms with Crippen LogP contribution in [-0.4, -0.2) is 65.9 Å². The highest BCUT2D eigenvalue weighted by molar-refractivity contribution is 6.31. The van der Waals surface area contributed by atoms with Crippen molar-refractivity contribution in [2.45, 2.75) is 156 Å². The molecule has 84 heavy (non-hydrogen) atoms. The van der Waals surface area contributed by atoms with Gasteiger partial charge in [-0.25, -0.2) is 18.4 Å². The van der Waals surface area contributed by atoms with Crippen LogP contribution < -0.4 is 33.5 Å². The van der Waals surface area contributed by atoms with Crippen LogP contribution in [0.5, 0.6) is 0 Å². The molecule has 0 amide bonds. The van der Waals surface area contributed by atoms with Gasteiger partial charge in [0.2, 0.25) is 0 Å².